The Bertz CT molecular complexity index is 1240. The third kappa shape index (κ3) is 5.05. The quantitative estimate of drug-likeness (QED) is 0.440. The van der Waals surface area contributed by atoms with Crippen LogP contribution in [0.25, 0.3) is 22.5 Å². The zero-order valence-corrected chi connectivity index (χ0v) is 19.0. The zero-order chi connectivity index (χ0) is 22.3. The first-order chi connectivity index (χ1) is 15.7. The van der Waals surface area contributed by atoms with Crippen molar-refractivity contribution in [3.63, 3.8) is 0 Å². The largest absolute Gasteiger partial charge is 0.273 e. The number of aromatic amines is 1. The van der Waals surface area contributed by atoms with Crippen LogP contribution in [0.4, 0.5) is 0 Å². The summed E-state index contributed by atoms with van der Waals surface area (Å²) < 4.78 is 1.84. The van der Waals surface area contributed by atoms with Gasteiger partial charge in [0.15, 0.2) is 0 Å². The number of benzene rings is 2. The lowest BCUT2D eigenvalue weighted by Crippen LogP contribution is -2.19. The van der Waals surface area contributed by atoms with Crippen LogP contribution in [0.3, 0.4) is 0 Å². The number of H-pyrrole nitrogens is 1. The van der Waals surface area contributed by atoms with Gasteiger partial charge in [-0.3, -0.25) is 4.79 Å². The molecule has 0 saturated heterocycles. The maximum Gasteiger partial charge on any atom is 0.248 e. The highest BCUT2D eigenvalue weighted by molar-refractivity contribution is 7.08. The normalized spacial score (nSPS) is 11.8. The Hall–Kier alpha value is -3.46. The summed E-state index contributed by atoms with van der Waals surface area (Å²) in [6.45, 7) is 4.54. The van der Waals surface area contributed by atoms with Crippen molar-refractivity contribution in [3.05, 3.63) is 63.9 Å². The van der Waals surface area contributed by atoms with Gasteiger partial charge in [0.2, 0.25) is 16.5 Å². The van der Waals surface area contributed by atoms with E-state index in [-0.39, 0.29) is 5.91 Å². The number of hydrogen-bond acceptors (Lipinski definition) is 6. The summed E-state index contributed by atoms with van der Waals surface area (Å²) in [6, 6.07) is 16.3. The van der Waals surface area contributed by atoms with Crippen molar-refractivity contribution in [2.45, 2.75) is 46.1 Å². The van der Waals surface area contributed by atoms with Crippen LogP contribution in [0.1, 0.15) is 43.7 Å². The molecule has 0 radical (unpaired) electrons. The Morgan fingerprint density at radius 3 is 2.56 bits per heavy atom. The van der Waals surface area contributed by atoms with Gasteiger partial charge in [0.05, 0.1) is 6.54 Å². The fourth-order valence-corrected chi connectivity index (χ4v) is 4.28. The minimum Gasteiger partial charge on any atom is -0.273 e. The molecule has 9 heteroatoms. The molecule has 0 fully saturated rings. The van der Waals surface area contributed by atoms with Gasteiger partial charge in [-0.2, -0.15) is 15.3 Å². The monoisotopic (exact) mass is 447 g/mol. The van der Waals surface area contributed by atoms with E-state index in [1.807, 2.05) is 35.9 Å². The van der Waals surface area contributed by atoms with E-state index in [9.17, 15) is 4.79 Å². The number of unbranched alkanes of at least 4 members (excludes halogenated alkanes) is 1. The molecule has 0 atom stereocenters. The molecule has 1 amide bonds. The van der Waals surface area contributed by atoms with Crippen molar-refractivity contribution < 1.29 is 4.79 Å². The molecule has 4 aromatic rings. The van der Waals surface area contributed by atoms with Crippen LogP contribution in [-0.4, -0.2) is 36.3 Å². The molecule has 4 rings (SSSR count). The highest BCUT2D eigenvalue weighted by Crippen LogP contribution is 2.29. The number of aryl methyl sites for hydroxylation is 1. The van der Waals surface area contributed by atoms with E-state index >= 15 is 0 Å². The van der Waals surface area contributed by atoms with E-state index in [4.69, 9.17) is 5.10 Å². The summed E-state index contributed by atoms with van der Waals surface area (Å²) in [6.07, 6.45) is 3.47. The van der Waals surface area contributed by atoms with E-state index in [0.29, 0.717) is 23.6 Å². The zero-order valence-electron chi connectivity index (χ0n) is 18.2. The summed E-state index contributed by atoms with van der Waals surface area (Å²) in [7, 11) is 0. The molecular formula is C23H25N7OS. The highest BCUT2D eigenvalue weighted by atomic mass is 32.1. The second kappa shape index (κ2) is 10.2. The van der Waals surface area contributed by atoms with Gasteiger partial charge in [0.25, 0.3) is 0 Å². The molecule has 32 heavy (non-hydrogen) atoms. The van der Waals surface area contributed by atoms with Crippen LogP contribution in [0.15, 0.2) is 53.5 Å². The van der Waals surface area contributed by atoms with Gasteiger partial charge in [0, 0.05) is 18.4 Å². The van der Waals surface area contributed by atoms with Crippen molar-refractivity contribution in [1.29, 1.82) is 0 Å². The SMILES string of the molecule is CCCCc1nn(Cc2ccc(-c3ccccc3-c3nn[nH]n3)cc2)c(=NC(=O)CC)s1. The highest BCUT2D eigenvalue weighted by Gasteiger charge is 2.11. The molecule has 0 saturated carbocycles. The van der Waals surface area contributed by atoms with Gasteiger partial charge in [0.1, 0.15) is 5.01 Å². The van der Waals surface area contributed by atoms with Crippen molar-refractivity contribution >= 4 is 17.2 Å². The second-order valence-corrected chi connectivity index (χ2v) is 8.42. The molecule has 8 nitrogen and oxygen atoms in total. The number of nitrogens with one attached hydrogen (secondary N) is 1. The average Bonchev–Trinajstić information content (AvgIpc) is 3.49. The van der Waals surface area contributed by atoms with E-state index in [2.05, 4.69) is 56.8 Å². The van der Waals surface area contributed by atoms with Gasteiger partial charge in [-0.1, -0.05) is 80.1 Å². The number of nitrogens with zero attached hydrogens (tertiary/aromatic N) is 6. The standard InChI is InChI=1S/C23H25N7OS/c1-3-5-10-21-27-30(23(32-21)24-20(31)4-2)15-16-11-13-17(14-12-16)18-8-6-7-9-19(18)22-25-28-29-26-22/h6-9,11-14H,3-5,10,15H2,1-2H3,(H,25,26,28,29). The van der Waals surface area contributed by atoms with Gasteiger partial charge in [-0.15, -0.1) is 10.2 Å². The van der Waals surface area contributed by atoms with E-state index in [1.54, 1.807) is 0 Å². The lowest BCUT2D eigenvalue weighted by molar-refractivity contribution is -0.117. The summed E-state index contributed by atoms with van der Waals surface area (Å²) in [5.41, 5.74) is 4.10. The Morgan fingerprint density at radius 2 is 1.88 bits per heavy atom. The first-order valence-corrected chi connectivity index (χ1v) is 11.6. The number of carbonyl (C=O) groups excluding carboxylic acids is 1. The Kier molecular flexibility index (Phi) is 6.96. The third-order valence-electron chi connectivity index (χ3n) is 5.04. The molecular weight excluding hydrogens is 422 g/mol. The fourth-order valence-electron chi connectivity index (χ4n) is 3.32. The van der Waals surface area contributed by atoms with E-state index < -0.39 is 0 Å². The molecule has 0 aliphatic rings. The third-order valence-corrected chi connectivity index (χ3v) is 6.05. The lowest BCUT2D eigenvalue weighted by Gasteiger charge is -2.08. The maximum absolute atomic E-state index is 11.9. The molecule has 0 aliphatic heterocycles. The van der Waals surface area contributed by atoms with Gasteiger partial charge in [-0.05, 0) is 28.3 Å². The molecule has 1 N–H and O–H groups in total. The molecule has 164 valence electrons. The number of rotatable bonds is 8. The van der Waals surface area contributed by atoms with Gasteiger partial charge in [-0.25, -0.2) is 4.68 Å². The number of hydrogen-bond donors (Lipinski definition) is 1. The Labute approximate surface area is 190 Å². The van der Waals surface area contributed by atoms with Crippen molar-refractivity contribution in [3.8, 4) is 22.5 Å². The molecule has 0 spiro atoms. The minimum absolute atomic E-state index is 0.127. The van der Waals surface area contributed by atoms with Crippen LogP contribution in [0.2, 0.25) is 0 Å². The van der Waals surface area contributed by atoms with Crippen molar-refractivity contribution in [2.75, 3.05) is 0 Å². The second-order valence-electron chi connectivity index (χ2n) is 7.38. The van der Waals surface area contributed by atoms with Gasteiger partial charge < -0.3 is 0 Å². The smallest absolute Gasteiger partial charge is 0.248 e. The predicted molar refractivity (Wildman–Crippen MR) is 124 cm³/mol. The summed E-state index contributed by atoms with van der Waals surface area (Å²) >= 11 is 1.50. The van der Waals surface area contributed by atoms with Crippen LogP contribution < -0.4 is 4.80 Å². The molecule has 2 aromatic carbocycles. The van der Waals surface area contributed by atoms with Crippen LogP contribution in [0.5, 0.6) is 0 Å². The van der Waals surface area contributed by atoms with Crippen molar-refractivity contribution in [2.24, 2.45) is 4.99 Å². The molecule has 2 aromatic heterocycles. The first kappa shape index (κ1) is 21.8. The summed E-state index contributed by atoms with van der Waals surface area (Å²) in [5.74, 6) is 0.437. The topological polar surface area (TPSA) is 102 Å². The molecule has 0 bridgehead atoms. The average molecular weight is 448 g/mol. The Balaban J connectivity index is 1.61. The summed E-state index contributed by atoms with van der Waals surface area (Å²) in [5, 5.41) is 20.1. The molecule has 0 aliphatic carbocycles. The molecule has 0 unspecified atom stereocenters. The van der Waals surface area contributed by atoms with Crippen LogP contribution in [-0.2, 0) is 17.8 Å². The minimum atomic E-state index is -0.127. The van der Waals surface area contributed by atoms with Crippen molar-refractivity contribution in [1.82, 2.24) is 30.4 Å². The van der Waals surface area contributed by atoms with Gasteiger partial charge >= 0.3 is 0 Å². The first-order valence-electron chi connectivity index (χ1n) is 10.7. The number of tetrazole rings is 1. The number of aromatic nitrogens is 6. The maximum atomic E-state index is 11.9. The lowest BCUT2D eigenvalue weighted by atomic mass is 9.98. The molecule has 2 heterocycles. The fraction of sp³-hybridized carbons (Fsp3) is 0.304. The van der Waals surface area contributed by atoms with E-state index in [1.165, 1.54) is 11.3 Å². The predicted octanol–water partition coefficient (Wildman–Crippen LogP) is 4.02. The summed E-state index contributed by atoms with van der Waals surface area (Å²) in [4.78, 5) is 16.8. The van der Waals surface area contributed by atoms with E-state index in [0.717, 1.165) is 46.5 Å². The number of amides is 1. The van der Waals surface area contributed by atoms with Crippen LogP contribution in [0, 0.1) is 0 Å². The Morgan fingerprint density at radius 1 is 1.09 bits per heavy atom. The van der Waals surface area contributed by atoms with Crippen LogP contribution >= 0.6 is 11.3 Å². The number of carbonyl (C=O) groups is 1.